The predicted octanol–water partition coefficient (Wildman–Crippen LogP) is 3.34. The number of nitrogens with one attached hydrogen (secondary N) is 2. The number of imidazole rings is 1. The Labute approximate surface area is 109 Å². The topological polar surface area (TPSA) is 66.7 Å². The van der Waals surface area contributed by atoms with Crippen LogP contribution in [0.2, 0.25) is 0 Å². The second-order valence-electron chi connectivity index (χ2n) is 4.41. The number of nitrogens with two attached hydrogens (primary N) is 1. The number of fused-ring (bicyclic) bond motifs is 1. The summed E-state index contributed by atoms with van der Waals surface area (Å²) in [5.41, 5.74) is 9.51. The van der Waals surface area contributed by atoms with Gasteiger partial charge < -0.3 is 16.0 Å². The molecular formula is C14H13FN4. The van der Waals surface area contributed by atoms with Crippen LogP contribution in [0.15, 0.2) is 36.4 Å². The van der Waals surface area contributed by atoms with Crippen LogP contribution < -0.4 is 11.1 Å². The van der Waals surface area contributed by atoms with Crippen LogP contribution >= 0.6 is 0 Å². The minimum atomic E-state index is -0.324. The molecule has 4 N–H and O–H groups in total. The largest absolute Gasteiger partial charge is 0.397 e. The maximum Gasteiger partial charge on any atom is 0.125 e. The van der Waals surface area contributed by atoms with E-state index in [0.717, 1.165) is 22.5 Å². The highest BCUT2D eigenvalue weighted by Gasteiger charge is 2.04. The van der Waals surface area contributed by atoms with Gasteiger partial charge in [0, 0.05) is 5.69 Å². The summed E-state index contributed by atoms with van der Waals surface area (Å²) in [6, 6.07) is 9.94. The number of H-pyrrole nitrogens is 1. The average Bonchev–Trinajstić information content (AvgIpc) is 2.73. The zero-order chi connectivity index (χ0) is 13.4. The zero-order valence-electron chi connectivity index (χ0n) is 10.4. The molecule has 3 rings (SSSR count). The lowest BCUT2D eigenvalue weighted by molar-refractivity contribution is 0.628. The summed E-state index contributed by atoms with van der Waals surface area (Å²) in [5.74, 6) is 0.535. The highest BCUT2D eigenvalue weighted by Crippen LogP contribution is 2.25. The zero-order valence-corrected chi connectivity index (χ0v) is 10.4. The van der Waals surface area contributed by atoms with Gasteiger partial charge in [0.2, 0.25) is 0 Å². The van der Waals surface area contributed by atoms with Gasteiger partial charge in [0.1, 0.15) is 11.6 Å². The smallest absolute Gasteiger partial charge is 0.125 e. The van der Waals surface area contributed by atoms with Crippen molar-refractivity contribution in [3.05, 3.63) is 48.0 Å². The van der Waals surface area contributed by atoms with Crippen LogP contribution in [-0.4, -0.2) is 9.97 Å². The Morgan fingerprint density at radius 3 is 2.89 bits per heavy atom. The summed E-state index contributed by atoms with van der Waals surface area (Å²) in [5, 5.41) is 3.10. The Hall–Kier alpha value is -2.56. The fourth-order valence-corrected chi connectivity index (χ4v) is 2.01. The van der Waals surface area contributed by atoms with Crippen molar-refractivity contribution in [3.8, 4) is 0 Å². The summed E-state index contributed by atoms with van der Waals surface area (Å²) in [6.45, 7) is 1.90. The van der Waals surface area contributed by atoms with Crippen molar-refractivity contribution in [2.75, 3.05) is 11.1 Å². The lowest BCUT2D eigenvalue weighted by Gasteiger charge is -2.09. The van der Waals surface area contributed by atoms with Crippen LogP contribution in [-0.2, 0) is 0 Å². The first-order valence-corrected chi connectivity index (χ1v) is 5.90. The van der Waals surface area contributed by atoms with Gasteiger partial charge in [-0.2, -0.15) is 0 Å². The first-order valence-electron chi connectivity index (χ1n) is 5.90. The molecule has 0 amide bonds. The van der Waals surface area contributed by atoms with Gasteiger partial charge in [-0.15, -0.1) is 0 Å². The number of halogens is 1. The predicted molar refractivity (Wildman–Crippen MR) is 74.9 cm³/mol. The van der Waals surface area contributed by atoms with E-state index in [2.05, 4.69) is 15.3 Å². The molecule has 1 heterocycles. The van der Waals surface area contributed by atoms with Gasteiger partial charge in [-0.05, 0) is 43.3 Å². The standard InChI is InChI=1S/C14H13FN4/c1-8-17-12-5-3-10(7-14(12)18-8)19-13-6-9(15)2-4-11(13)16/h2-7,19H,16H2,1H3,(H,17,18). The molecule has 0 atom stereocenters. The second kappa shape index (κ2) is 4.28. The molecular weight excluding hydrogens is 243 g/mol. The molecule has 0 aliphatic heterocycles. The number of anilines is 3. The SMILES string of the molecule is Cc1nc2ccc(Nc3cc(F)ccc3N)cc2[nH]1. The number of aryl methyl sites for hydroxylation is 1. The molecule has 0 spiro atoms. The Morgan fingerprint density at radius 1 is 1.21 bits per heavy atom. The molecule has 0 saturated carbocycles. The van der Waals surface area contributed by atoms with Crippen molar-refractivity contribution in [2.45, 2.75) is 6.92 Å². The normalized spacial score (nSPS) is 10.8. The number of benzene rings is 2. The maximum atomic E-state index is 13.2. The Balaban J connectivity index is 1.98. The molecule has 3 aromatic rings. The van der Waals surface area contributed by atoms with Gasteiger partial charge in [-0.3, -0.25) is 0 Å². The molecule has 0 saturated heterocycles. The molecule has 19 heavy (non-hydrogen) atoms. The van der Waals surface area contributed by atoms with Crippen LogP contribution in [0, 0.1) is 12.7 Å². The molecule has 96 valence electrons. The van der Waals surface area contributed by atoms with Gasteiger partial charge in [-0.25, -0.2) is 9.37 Å². The summed E-state index contributed by atoms with van der Waals surface area (Å²) >= 11 is 0. The maximum absolute atomic E-state index is 13.2. The average molecular weight is 256 g/mol. The van der Waals surface area contributed by atoms with E-state index < -0.39 is 0 Å². The van der Waals surface area contributed by atoms with Crippen molar-refractivity contribution in [1.29, 1.82) is 0 Å². The third-order valence-electron chi connectivity index (χ3n) is 2.89. The minimum Gasteiger partial charge on any atom is -0.397 e. The van der Waals surface area contributed by atoms with Gasteiger partial charge in [0.15, 0.2) is 0 Å². The molecule has 0 fully saturated rings. The van der Waals surface area contributed by atoms with Crippen molar-refractivity contribution >= 4 is 28.1 Å². The summed E-state index contributed by atoms with van der Waals surface area (Å²) in [7, 11) is 0. The molecule has 0 aliphatic carbocycles. The highest BCUT2D eigenvalue weighted by atomic mass is 19.1. The number of hydrogen-bond acceptors (Lipinski definition) is 3. The first kappa shape index (κ1) is 11.5. The van der Waals surface area contributed by atoms with Crippen molar-refractivity contribution in [3.63, 3.8) is 0 Å². The third-order valence-corrected chi connectivity index (χ3v) is 2.89. The second-order valence-corrected chi connectivity index (χ2v) is 4.41. The number of nitrogen functional groups attached to an aromatic ring is 1. The van der Waals surface area contributed by atoms with Crippen LogP contribution in [0.25, 0.3) is 11.0 Å². The Morgan fingerprint density at radius 2 is 2.05 bits per heavy atom. The first-order chi connectivity index (χ1) is 9.11. The number of rotatable bonds is 2. The molecule has 1 aromatic heterocycles. The van der Waals surface area contributed by atoms with E-state index >= 15 is 0 Å². The van der Waals surface area contributed by atoms with E-state index in [4.69, 9.17) is 5.73 Å². The number of aromatic amines is 1. The molecule has 0 aliphatic rings. The molecule has 0 unspecified atom stereocenters. The lowest BCUT2D eigenvalue weighted by atomic mass is 10.2. The summed E-state index contributed by atoms with van der Waals surface area (Å²) < 4.78 is 13.2. The van der Waals surface area contributed by atoms with E-state index in [0.29, 0.717) is 11.4 Å². The fraction of sp³-hybridized carbons (Fsp3) is 0.0714. The van der Waals surface area contributed by atoms with Gasteiger partial charge in [0.05, 0.1) is 22.4 Å². The summed E-state index contributed by atoms with van der Waals surface area (Å²) in [6.07, 6.45) is 0. The van der Waals surface area contributed by atoms with Crippen molar-refractivity contribution < 1.29 is 4.39 Å². The fourth-order valence-electron chi connectivity index (χ4n) is 2.01. The van der Waals surface area contributed by atoms with Crippen molar-refractivity contribution in [2.24, 2.45) is 0 Å². The van der Waals surface area contributed by atoms with Crippen LogP contribution in [0.3, 0.4) is 0 Å². The highest BCUT2D eigenvalue weighted by molar-refractivity contribution is 5.82. The van der Waals surface area contributed by atoms with Gasteiger partial charge in [0.25, 0.3) is 0 Å². The van der Waals surface area contributed by atoms with Crippen LogP contribution in [0.4, 0.5) is 21.5 Å². The van der Waals surface area contributed by atoms with Crippen molar-refractivity contribution in [1.82, 2.24) is 9.97 Å². The molecule has 4 nitrogen and oxygen atoms in total. The Bertz CT molecular complexity index is 748. The third kappa shape index (κ3) is 2.22. The van der Waals surface area contributed by atoms with Gasteiger partial charge in [-0.1, -0.05) is 0 Å². The number of hydrogen-bond donors (Lipinski definition) is 3. The number of aromatic nitrogens is 2. The number of nitrogens with zero attached hydrogens (tertiary/aromatic N) is 1. The van der Waals surface area contributed by atoms with E-state index in [-0.39, 0.29) is 5.82 Å². The quantitative estimate of drug-likeness (QED) is 0.616. The van der Waals surface area contributed by atoms with E-state index in [1.54, 1.807) is 0 Å². The Kier molecular flexibility index (Phi) is 2.59. The summed E-state index contributed by atoms with van der Waals surface area (Å²) in [4.78, 5) is 7.48. The van der Waals surface area contributed by atoms with Crippen LogP contribution in [0.5, 0.6) is 0 Å². The molecule has 5 heteroatoms. The lowest BCUT2D eigenvalue weighted by Crippen LogP contribution is -1.96. The minimum absolute atomic E-state index is 0.324. The molecule has 0 radical (unpaired) electrons. The molecule has 0 bridgehead atoms. The van der Waals surface area contributed by atoms with E-state index in [9.17, 15) is 4.39 Å². The van der Waals surface area contributed by atoms with Gasteiger partial charge >= 0.3 is 0 Å². The van der Waals surface area contributed by atoms with Crippen LogP contribution in [0.1, 0.15) is 5.82 Å². The van der Waals surface area contributed by atoms with E-state index in [1.807, 2.05) is 25.1 Å². The van der Waals surface area contributed by atoms with E-state index in [1.165, 1.54) is 18.2 Å². The molecule has 2 aromatic carbocycles. The monoisotopic (exact) mass is 256 g/mol.